The Bertz CT molecular complexity index is 821. The number of ketones is 1. The van der Waals surface area contributed by atoms with Crippen LogP contribution in [0.25, 0.3) is 0 Å². The van der Waals surface area contributed by atoms with Gasteiger partial charge in [-0.25, -0.2) is 4.79 Å². The van der Waals surface area contributed by atoms with E-state index in [2.05, 4.69) is 0 Å². The Morgan fingerprint density at radius 2 is 1.92 bits per heavy atom. The van der Waals surface area contributed by atoms with Gasteiger partial charge in [0.05, 0.1) is 28.1 Å². The van der Waals surface area contributed by atoms with Gasteiger partial charge >= 0.3 is 5.97 Å². The van der Waals surface area contributed by atoms with Crippen molar-refractivity contribution in [2.75, 3.05) is 20.0 Å². The summed E-state index contributed by atoms with van der Waals surface area (Å²) in [4.78, 5) is 35.2. The highest BCUT2D eigenvalue weighted by Crippen LogP contribution is 2.28. The average Bonchev–Trinajstić information content (AvgIpc) is 2.65. The summed E-state index contributed by atoms with van der Waals surface area (Å²) in [7, 11) is 1.44. The van der Waals surface area contributed by atoms with Gasteiger partial charge < -0.3 is 9.47 Å². The van der Waals surface area contributed by atoms with E-state index in [1.54, 1.807) is 30.5 Å². The number of carbonyl (C=O) groups is 2. The van der Waals surface area contributed by atoms with E-state index in [0.717, 1.165) is 6.07 Å². The molecular weight excluding hydrogens is 346 g/mol. The SMILES string of the molecule is COc1ccccc1C(=O)COC(=O)c1ccc(SC)c([N+](=O)[O-])c1. The minimum absolute atomic E-state index is 0.0114. The van der Waals surface area contributed by atoms with Gasteiger partial charge in [-0.3, -0.25) is 14.9 Å². The van der Waals surface area contributed by atoms with Gasteiger partial charge in [-0.05, 0) is 30.5 Å². The van der Waals surface area contributed by atoms with Crippen molar-refractivity contribution < 1.29 is 24.0 Å². The number of thioether (sulfide) groups is 1. The first-order chi connectivity index (χ1) is 12.0. The summed E-state index contributed by atoms with van der Waals surface area (Å²) in [6.07, 6.45) is 1.70. The van der Waals surface area contributed by atoms with E-state index < -0.39 is 23.3 Å². The van der Waals surface area contributed by atoms with Crippen molar-refractivity contribution in [1.29, 1.82) is 0 Å². The molecule has 2 rings (SSSR count). The summed E-state index contributed by atoms with van der Waals surface area (Å²) in [6.45, 7) is -0.489. The molecule has 0 radical (unpaired) electrons. The first-order valence-electron chi connectivity index (χ1n) is 7.13. The largest absolute Gasteiger partial charge is 0.496 e. The second kappa shape index (κ2) is 8.29. The van der Waals surface area contributed by atoms with Crippen LogP contribution in [-0.4, -0.2) is 36.6 Å². The van der Waals surface area contributed by atoms with Gasteiger partial charge in [-0.15, -0.1) is 11.8 Å². The molecule has 130 valence electrons. The van der Waals surface area contributed by atoms with Crippen LogP contribution in [-0.2, 0) is 4.74 Å². The second-order valence-electron chi connectivity index (χ2n) is 4.84. The molecule has 0 N–H and O–H groups in total. The first kappa shape index (κ1) is 18.5. The summed E-state index contributed by atoms with van der Waals surface area (Å²) in [5.41, 5.74) is 0.122. The molecule has 2 aromatic carbocycles. The van der Waals surface area contributed by atoms with Crippen molar-refractivity contribution in [3.63, 3.8) is 0 Å². The first-order valence-corrected chi connectivity index (χ1v) is 8.36. The van der Waals surface area contributed by atoms with Crippen molar-refractivity contribution in [1.82, 2.24) is 0 Å². The number of para-hydroxylation sites is 1. The van der Waals surface area contributed by atoms with E-state index in [0.29, 0.717) is 16.2 Å². The molecule has 0 amide bonds. The zero-order valence-corrected chi connectivity index (χ0v) is 14.4. The van der Waals surface area contributed by atoms with E-state index >= 15 is 0 Å². The zero-order valence-electron chi connectivity index (χ0n) is 13.6. The number of Topliss-reactive ketones (excluding diaryl/α,β-unsaturated/α-hetero) is 1. The van der Waals surface area contributed by atoms with Crippen molar-refractivity contribution >= 4 is 29.2 Å². The van der Waals surface area contributed by atoms with Gasteiger partial charge in [-0.2, -0.15) is 0 Å². The molecule has 0 aliphatic heterocycles. The monoisotopic (exact) mass is 361 g/mol. The van der Waals surface area contributed by atoms with Crippen LogP contribution in [0.3, 0.4) is 0 Å². The zero-order chi connectivity index (χ0) is 18.4. The highest BCUT2D eigenvalue weighted by molar-refractivity contribution is 7.98. The number of esters is 1. The summed E-state index contributed by atoms with van der Waals surface area (Å²) >= 11 is 1.20. The number of benzene rings is 2. The molecule has 0 aromatic heterocycles. The summed E-state index contributed by atoms with van der Waals surface area (Å²) in [5, 5.41) is 11.0. The lowest BCUT2D eigenvalue weighted by molar-refractivity contribution is -0.387. The van der Waals surface area contributed by atoms with Crippen LogP contribution >= 0.6 is 11.8 Å². The summed E-state index contributed by atoms with van der Waals surface area (Å²) in [6, 6.07) is 10.6. The number of ether oxygens (including phenoxy) is 2. The fourth-order valence-corrected chi connectivity index (χ4v) is 2.67. The molecule has 25 heavy (non-hydrogen) atoms. The van der Waals surface area contributed by atoms with E-state index in [1.807, 2.05) is 0 Å². The highest BCUT2D eigenvalue weighted by Gasteiger charge is 2.19. The maximum atomic E-state index is 12.2. The van der Waals surface area contributed by atoms with Crippen molar-refractivity contribution in [3.8, 4) is 5.75 Å². The molecule has 0 atom stereocenters. The molecule has 0 unspecified atom stereocenters. The predicted molar refractivity (Wildman–Crippen MR) is 92.5 cm³/mol. The van der Waals surface area contributed by atoms with E-state index in [1.165, 1.54) is 31.0 Å². The normalized spacial score (nSPS) is 10.2. The maximum absolute atomic E-state index is 12.2. The van der Waals surface area contributed by atoms with Gasteiger partial charge in [0.2, 0.25) is 5.78 Å². The Hall–Kier alpha value is -2.87. The van der Waals surface area contributed by atoms with Crippen LogP contribution in [0.15, 0.2) is 47.4 Å². The minimum atomic E-state index is -0.806. The number of methoxy groups -OCH3 is 1. The molecule has 8 heteroatoms. The summed E-state index contributed by atoms with van der Waals surface area (Å²) in [5.74, 6) is -0.858. The molecule has 0 aliphatic rings. The number of nitrogens with zero attached hydrogens (tertiary/aromatic N) is 1. The lowest BCUT2D eigenvalue weighted by Crippen LogP contribution is -2.15. The third kappa shape index (κ3) is 4.36. The van der Waals surface area contributed by atoms with Gasteiger partial charge in [0.15, 0.2) is 6.61 Å². The second-order valence-corrected chi connectivity index (χ2v) is 5.69. The van der Waals surface area contributed by atoms with E-state index in [4.69, 9.17) is 9.47 Å². The Morgan fingerprint density at radius 1 is 1.20 bits per heavy atom. The topological polar surface area (TPSA) is 95.7 Å². The van der Waals surface area contributed by atoms with Crippen LogP contribution in [0.5, 0.6) is 5.75 Å². The van der Waals surface area contributed by atoms with Crippen LogP contribution in [0, 0.1) is 10.1 Å². The number of nitro groups is 1. The Balaban J connectivity index is 2.11. The fraction of sp³-hybridized carbons (Fsp3) is 0.176. The van der Waals surface area contributed by atoms with Crippen LogP contribution < -0.4 is 4.74 Å². The molecule has 0 aliphatic carbocycles. The summed E-state index contributed by atoms with van der Waals surface area (Å²) < 4.78 is 10.1. The fourth-order valence-electron chi connectivity index (χ4n) is 2.13. The van der Waals surface area contributed by atoms with Gasteiger partial charge in [0, 0.05) is 6.07 Å². The number of carbonyl (C=O) groups excluding carboxylic acids is 2. The smallest absolute Gasteiger partial charge is 0.338 e. The molecule has 0 fully saturated rings. The van der Waals surface area contributed by atoms with E-state index in [9.17, 15) is 19.7 Å². The van der Waals surface area contributed by atoms with Crippen LogP contribution in [0.2, 0.25) is 0 Å². The Morgan fingerprint density at radius 3 is 2.56 bits per heavy atom. The molecule has 0 heterocycles. The molecule has 0 saturated heterocycles. The third-order valence-corrected chi connectivity index (χ3v) is 4.14. The average molecular weight is 361 g/mol. The quantitative estimate of drug-likeness (QED) is 0.245. The minimum Gasteiger partial charge on any atom is -0.496 e. The number of hydrogen-bond donors (Lipinski definition) is 0. The molecular formula is C17H15NO6S. The lowest BCUT2D eigenvalue weighted by atomic mass is 10.1. The number of rotatable bonds is 7. The Labute approximate surface area is 148 Å². The number of nitro benzene ring substituents is 1. The number of hydrogen-bond acceptors (Lipinski definition) is 7. The standard InChI is InChI=1S/C17H15NO6S/c1-23-15-6-4-3-5-12(15)14(19)10-24-17(20)11-7-8-16(25-2)13(9-11)18(21)22/h3-9H,10H2,1-2H3. The van der Waals surface area contributed by atoms with Crippen molar-refractivity contribution in [2.45, 2.75) is 4.90 Å². The molecule has 2 aromatic rings. The third-order valence-electron chi connectivity index (χ3n) is 3.35. The highest BCUT2D eigenvalue weighted by atomic mass is 32.2. The van der Waals surface area contributed by atoms with Crippen molar-refractivity contribution in [3.05, 3.63) is 63.7 Å². The maximum Gasteiger partial charge on any atom is 0.338 e. The van der Waals surface area contributed by atoms with Crippen LogP contribution in [0.1, 0.15) is 20.7 Å². The van der Waals surface area contributed by atoms with Crippen LogP contribution in [0.4, 0.5) is 5.69 Å². The van der Waals surface area contributed by atoms with Gasteiger partial charge in [0.25, 0.3) is 5.69 Å². The molecule has 0 spiro atoms. The van der Waals surface area contributed by atoms with E-state index in [-0.39, 0.29) is 11.3 Å². The van der Waals surface area contributed by atoms with Gasteiger partial charge in [0.1, 0.15) is 5.75 Å². The van der Waals surface area contributed by atoms with Gasteiger partial charge in [-0.1, -0.05) is 12.1 Å². The Kier molecular flexibility index (Phi) is 6.13. The molecule has 0 saturated carbocycles. The lowest BCUT2D eigenvalue weighted by Gasteiger charge is -2.08. The molecule has 0 bridgehead atoms. The molecule has 7 nitrogen and oxygen atoms in total. The van der Waals surface area contributed by atoms with Crippen molar-refractivity contribution in [2.24, 2.45) is 0 Å². The predicted octanol–water partition coefficient (Wildman–Crippen LogP) is 3.37.